The molecule has 0 fully saturated rings. The molecule has 0 aromatic heterocycles. The SMILES string of the molecule is CCNC(CS(C)=O)c1ccc(-c2ccccc2)cc1. The van der Waals surface area contributed by atoms with Crippen molar-refractivity contribution in [2.45, 2.75) is 13.0 Å². The lowest BCUT2D eigenvalue weighted by Crippen LogP contribution is -2.25. The third kappa shape index (κ3) is 4.02. The molecule has 3 heteroatoms. The van der Waals surface area contributed by atoms with Crippen LogP contribution in [-0.2, 0) is 10.8 Å². The molecule has 2 aromatic carbocycles. The van der Waals surface area contributed by atoms with Crippen LogP contribution in [-0.4, -0.2) is 22.8 Å². The average molecular weight is 287 g/mol. The van der Waals surface area contributed by atoms with Crippen molar-refractivity contribution in [1.82, 2.24) is 5.32 Å². The monoisotopic (exact) mass is 287 g/mol. The first-order valence-corrected chi connectivity index (χ1v) is 8.62. The van der Waals surface area contributed by atoms with Crippen LogP contribution in [0, 0.1) is 0 Å². The minimum Gasteiger partial charge on any atom is -0.309 e. The molecule has 2 aromatic rings. The van der Waals surface area contributed by atoms with Crippen molar-refractivity contribution < 1.29 is 4.21 Å². The molecule has 1 N–H and O–H groups in total. The van der Waals surface area contributed by atoms with Crippen LogP contribution in [0.4, 0.5) is 0 Å². The van der Waals surface area contributed by atoms with Gasteiger partial charge in [-0.1, -0.05) is 61.5 Å². The van der Waals surface area contributed by atoms with E-state index in [1.807, 2.05) is 18.2 Å². The Hall–Kier alpha value is -1.45. The van der Waals surface area contributed by atoms with E-state index in [1.165, 1.54) is 16.7 Å². The van der Waals surface area contributed by atoms with Crippen LogP contribution in [0.15, 0.2) is 54.6 Å². The van der Waals surface area contributed by atoms with E-state index < -0.39 is 10.8 Å². The van der Waals surface area contributed by atoms with Crippen LogP contribution >= 0.6 is 0 Å². The Balaban J connectivity index is 2.19. The Kier molecular flexibility index (Phi) is 5.50. The molecule has 0 heterocycles. The van der Waals surface area contributed by atoms with Crippen LogP contribution in [0.1, 0.15) is 18.5 Å². The van der Waals surface area contributed by atoms with Gasteiger partial charge in [-0.2, -0.15) is 0 Å². The van der Waals surface area contributed by atoms with Gasteiger partial charge >= 0.3 is 0 Å². The van der Waals surface area contributed by atoms with E-state index in [0.29, 0.717) is 5.75 Å². The van der Waals surface area contributed by atoms with E-state index in [4.69, 9.17) is 0 Å². The van der Waals surface area contributed by atoms with Gasteiger partial charge in [0, 0.05) is 28.9 Å². The Morgan fingerprint density at radius 2 is 1.60 bits per heavy atom. The fraction of sp³-hybridized carbons (Fsp3) is 0.294. The standard InChI is InChI=1S/C17H21NOS/c1-3-18-17(13-20(2)19)16-11-9-15(10-12-16)14-7-5-4-6-8-14/h4-12,17-18H,3,13H2,1-2H3. The normalized spacial score (nSPS) is 13.9. The van der Waals surface area contributed by atoms with Crippen LogP contribution in [0.25, 0.3) is 11.1 Å². The minimum atomic E-state index is -0.801. The molecule has 2 rings (SSSR count). The largest absolute Gasteiger partial charge is 0.309 e. The lowest BCUT2D eigenvalue weighted by Gasteiger charge is -2.17. The van der Waals surface area contributed by atoms with E-state index in [1.54, 1.807) is 6.26 Å². The molecule has 0 radical (unpaired) electrons. The Morgan fingerprint density at radius 1 is 1.00 bits per heavy atom. The summed E-state index contributed by atoms with van der Waals surface area (Å²) in [6, 6.07) is 19.0. The van der Waals surface area contributed by atoms with Gasteiger partial charge in [0.15, 0.2) is 0 Å². The lowest BCUT2D eigenvalue weighted by molar-refractivity contribution is 0.595. The summed E-state index contributed by atoms with van der Waals surface area (Å²) in [6.07, 6.45) is 1.75. The predicted octanol–water partition coefficient (Wildman–Crippen LogP) is 3.38. The molecule has 0 saturated carbocycles. The third-order valence-corrected chi connectivity index (χ3v) is 4.07. The zero-order valence-electron chi connectivity index (χ0n) is 12.0. The van der Waals surface area contributed by atoms with Gasteiger partial charge < -0.3 is 5.32 Å². The molecule has 0 saturated heterocycles. The second-order valence-corrected chi connectivity index (χ2v) is 6.32. The molecular formula is C17H21NOS. The first-order chi connectivity index (χ1) is 9.70. The van der Waals surface area contributed by atoms with Gasteiger partial charge in [-0.3, -0.25) is 4.21 Å². The first kappa shape index (κ1) is 14.9. The first-order valence-electron chi connectivity index (χ1n) is 6.89. The summed E-state index contributed by atoms with van der Waals surface area (Å²) < 4.78 is 11.5. The van der Waals surface area contributed by atoms with E-state index in [0.717, 1.165) is 6.54 Å². The maximum atomic E-state index is 11.5. The molecule has 2 atom stereocenters. The van der Waals surface area contributed by atoms with E-state index in [-0.39, 0.29) is 6.04 Å². The van der Waals surface area contributed by atoms with Crippen molar-refractivity contribution in [1.29, 1.82) is 0 Å². The molecule has 0 spiro atoms. The molecule has 20 heavy (non-hydrogen) atoms. The fourth-order valence-corrected chi connectivity index (χ4v) is 3.07. The summed E-state index contributed by atoms with van der Waals surface area (Å²) in [5, 5.41) is 3.40. The third-order valence-electron chi connectivity index (χ3n) is 3.27. The number of hydrogen-bond acceptors (Lipinski definition) is 2. The van der Waals surface area contributed by atoms with Crippen molar-refractivity contribution in [3.63, 3.8) is 0 Å². The summed E-state index contributed by atoms with van der Waals surface area (Å²) in [4.78, 5) is 0. The highest BCUT2D eigenvalue weighted by Crippen LogP contribution is 2.22. The zero-order valence-corrected chi connectivity index (χ0v) is 12.8. The van der Waals surface area contributed by atoms with Gasteiger partial charge in [0.25, 0.3) is 0 Å². The molecule has 2 unspecified atom stereocenters. The van der Waals surface area contributed by atoms with Crippen LogP contribution in [0.2, 0.25) is 0 Å². The van der Waals surface area contributed by atoms with Gasteiger partial charge in [0.1, 0.15) is 0 Å². The van der Waals surface area contributed by atoms with Crippen molar-refractivity contribution in [2.24, 2.45) is 0 Å². The highest BCUT2D eigenvalue weighted by Gasteiger charge is 2.12. The summed E-state index contributed by atoms with van der Waals surface area (Å²) in [7, 11) is -0.801. The van der Waals surface area contributed by atoms with Crippen molar-refractivity contribution in [3.05, 3.63) is 60.2 Å². The van der Waals surface area contributed by atoms with E-state index in [2.05, 4.69) is 48.6 Å². The predicted molar refractivity (Wildman–Crippen MR) is 87.2 cm³/mol. The van der Waals surface area contributed by atoms with Crippen molar-refractivity contribution in [2.75, 3.05) is 18.6 Å². The molecule has 0 aliphatic carbocycles. The zero-order chi connectivity index (χ0) is 14.4. The highest BCUT2D eigenvalue weighted by atomic mass is 32.2. The summed E-state index contributed by atoms with van der Waals surface area (Å²) in [5.74, 6) is 0.651. The number of hydrogen-bond donors (Lipinski definition) is 1. The molecule has 106 valence electrons. The number of rotatable bonds is 6. The van der Waals surface area contributed by atoms with E-state index >= 15 is 0 Å². The molecule has 0 aliphatic heterocycles. The Labute approximate surface area is 123 Å². The smallest absolute Gasteiger partial charge is 0.0436 e. The molecule has 0 amide bonds. The second kappa shape index (κ2) is 7.36. The van der Waals surface area contributed by atoms with Crippen LogP contribution < -0.4 is 5.32 Å². The van der Waals surface area contributed by atoms with Crippen LogP contribution in [0.5, 0.6) is 0 Å². The van der Waals surface area contributed by atoms with Crippen molar-refractivity contribution in [3.8, 4) is 11.1 Å². The maximum Gasteiger partial charge on any atom is 0.0436 e. The lowest BCUT2D eigenvalue weighted by atomic mass is 10.0. The number of benzene rings is 2. The topological polar surface area (TPSA) is 29.1 Å². The van der Waals surface area contributed by atoms with Gasteiger partial charge in [-0.05, 0) is 23.2 Å². The Bertz CT molecular complexity index is 551. The minimum absolute atomic E-state index is 0.163. The average Bonchev–Trinajstić information content (AvgIpc) is 2.47. The van der Waals surface area contributed by atoms with Gasteiger partial charge in [-0.25, -0.2) is 0 Å². The van der Waals surface area contributed by atoms with E-state index in [9.17, 15) is 4.21 Å². The molecular weight excluding hydrogens is 266 g/mol. The molecule has 0 bridgehead atoms. The summed E-state index contributed by atoms with van der Waals surface area (Å²) in [6.45, 7) is 2.95. The van der Waals surface area contributed by atoms with Crippen LogP contribution in [0.3, 0.4) is 0 Å². The van der Waals surface area contributed by atoms with Crippen molar-refractivity contribution >= 4 is 10.8 Å². The second-order valence-electron chi connectivity index (χ2n) is 4.84. The van der Waals surface area contributed by atoms with Gasteiger partial charge in [0.05, 0.1) is 0 Å². The summed E-state index contributed by atoms with van der Waals surface area (Å²) in [5.41, 5.74) is 3.63. The number of nitrogens with one attached hydrogen (secondary N) is 1. The highest BCUT2D eigenvalue weighted by molar-refractivity contribution is 7.84. The Morgan fingerprint density at radius 3 is 2.15 bits per heavy atom. The summed E-state index contributed by atoms with van der Waals surface area (Å²) >= 11 is 0. The van der Waals surface area contributed by atoms with Gasteiger partial charge in [0.2, 0.25) is 0 Å². The molecule has 0 aliphatic rings. The molecule has 2 nitrogen and oxygen atoms in total. The quantitative estimate of drug-likeness (QED) is 0.882. The van der Waals surface area contributed by atoms with Gasteiger partial charge in [-0.15, -0.1) is 0 Å². The fourth-order valence-electron chi connectivity index (χ4n) is 2.29. The maximum absolute atomic E-state index is 11.5.